The minimum atomic E-state index is -3.51. The first-order valence-electron chi connectivity index (χ1n) is 7.24. The van der Waals surface area contributed by atoms with E-state index in [1.54, 1.807) is 6.92 Å². The van der Waals surface area contributed by atoms with E-state index in [0.717, 1.165) is 12.8 Å². The number of hydrogen-bond acceptors (Lipinski definition) is 3. The van der Waals surface area contributed by atoms with E-state index in [1.165, 1.54) is 8.61 Å². The molecule has 0 amide bonds. The van der Waals surface area contributed by atoms with Gasteiger partial charge < -0.3 is 5.11 Å². The highest BCUT2D eigenvalue weighted by Gasteiger charge is 2.43. The first-order chi connectivity index (χ1) is 9.25. The molecule has 2 heterocycles. The highest BCUT2D eigenvalue weighted by atomic mass is 32.2. The van der Waals surface area contributed by atoms with E-state index in [2.05, 4.69) is 6.92 Å². The van der Waals surface area contributed by atoms with Crippen LogP contribution in [0.25, 0.3) is 0 Å². The van der Waals surface area contributed by atoms with Gasteiger partial charge in [-0.05, 0) is 38.5 Å². The molecule has 2 fully saturated rings. The summed E-state index contributed by atoms with van der Waals surface area (Å²) in [5.74, 6) is -0.350. The number of rotatable bonds is 3. The Labute approximate surface area is 120 Å². The molecule has 1 unspecified atom stereocenters. The molecule has 1 atom stereocenters. The molecule has 116 valence electrons. The molecule has 0 aliphatic carbocycles. The van der Waals surface area contributed by atoms with Crippen molar-refractivity contribution in [3.05, 3.63) is 0 Å². The molecule has 0 spiro atoms. The summed E-state index contributed by atoms with van der Waals surface area (Å²) in [7, 11) is -3.51. The highest BCUT2D eigenvalue weighted by Crippen LogP contribution is 2.32. The molecule has 2 aliphatic heterocycles. The van der Waals surface area contributed by atoms with Crippen LogP contribution in [-0.2, 0) is 15.0 Å². The van der Waals surface area contributed by atoms with Crippen molar-refractivity contribution in [2.45, 2.75) is 39.5 Å². The van der Waals surface area contributed by atoms with Gasteiger partial charge in [0, 0.05) is 26.2 Å². The van der Waals surface area contributed by atoms with Crippen LogP contribution in [0.1, 0.15) is 39.5 Å². The second kappa shape index (κ2) is 5.61. The summed E-state index contributed by atoms with van der Waals surface area (Å²) in [6, 6.07) is 0. The summed E-state index contributed by atoms with van der Waals surface area (Å²) in [5.41, 5.74) is -0.964. The van der Waals surface area contributed by atoms with E-state index in [4.69, 9.17) is 0 Å². The fraction of sp³-hybridized carbons (Fsp3) is 0.923. The van der Waals surface area contributed by atoms with Crippen LogP contribution in [0.5, 0.6) is 0 Å². The normalized spacial score (nSPS) is 31.3. The van der Waals surface area contributed by atoms with Crippen LogP contribution in [-0.4, -0.2) is 54.3 Å². The maximum absolute atomic E-state index is 12.6. The average Bonchev–Trinajstić information content (AvgIpc) is 2.39. The van der Waals surface area contributed by atoms with E-state index >= 15 is 0 Å². The zero-order valence-corrected chi connectivity index (χ0v) is 13.0. The van der Waals surface area contributed by atoms with E-state index in [1.807, 2.05) is 0 Å². The van der Waals surface area contributed by atoms with E-state index in [9.17, 15) is 18.3 Å². The van der Waals surface area contributed by atoms with Gasteiger partial charge in [0.05, 0.1) is 5.41 Å². The molecule has 1 N–H and O–H groups in total. The SMILES string of the molecule is CC1CCN(S(=O)(=O)N2CCCC(C)(C(=O)O)C2)CC1. The van der Waals surface area contributed by atoms with Crippen LogP contribution in [0.15, 0.2) is 0 Å². The monoisotopic (exact) mass is 304 g/mol. The molecule has 2 rings (SSSR count). The summed E-state index contributed by atoms with van der Waals surface area (Å²) < 4.78 is 28.1. The van der Waals surface area contributed by atoms with Crippen LogP contribution in [0.4, 0.5) is 0 Å². The number of aliphatic carboxylic acids is 1. The van der Waals surface area contributed by atoms with Crippen LogP contribution in [0.3, 0.4) is 0 Å². The van der Waals surface area contributed by atoms with E-state index < -0.39 is 21.6 Å². The lowest BCUT2D eigenvalue weighted by Gasteiger charge is -2.40. The van der Waals surface area contributed by atoms with Crippen molar-refractivity contribution in [1.29, 1.82) is 0 Å². The van der Waals surface area contributed by atoms with Gasteiger partial charge >= 0.3 is 5.97 Å². The lowest BCUT2D eigenvalue weighted by molar-refractivity contribution is -0.150. The lowest BCUT2D eigenvalue weighted by atomic mass is 9.83. The van der Waals surface area contributed by atoms with Crippen molar-refractivity contribution >= 4 is 16.2 Å². The van der Waals surface area contributed by atoms with Gasteiger partial charge in [-0.2, -0.15) is 17.0 Å². The van der Waals surface area contributed by atoms with Crippen LogP contribution >= 0.6 is 0 Å². The summed E-state index contributed by atoms with van der Waals surface area (Å²) in [6.45, 7) is 5.36. The predicted octanol–water partition coefficient (Wildman–Crippen LogP) is 1.15. The molecular formula is C13H24N2O4S. The maximum Gasteiger partial charge on any atom is 0.310 e. The first-order valence-corrected chi connectivity index (χ1v) is 8.64. The van der Waals surface area contributed by atoms with Crippen molar-refractivity contribution in [2.24, 2.45) is 11.3 Å². The summed E-state index contributed by atoms with van der Waals surface area (Å²) in [4.78, 5) is 11.3. The van der Waals surface area contributed by atoms with Gasteiger partial charge in [0.1, 0.15) is 0 Å². The Bertz CT molecular complexity index is 471. The smallest absolute Gasteiger partial charge is 0.310 e. The Hall–Kier alpha value is -0.660. The van der Waals surface area contributed by atoms with Gasteiger partial charge in [-0.15, -0.1) is 0 Å². The van der Waals surface area contributed by atoms with Gasteiger partial charge in [-0.25, -0.2) is 0 Å². The number of piperidine rings is 2. The quantitative estimate of drug-likeness (QED) is 0.848. The molecule has 0 radical (unpaired) electrons. The highest BCUT2D eigenvalue weighted by molar-refractivity contribution is 7.86. The molecule has 2 aliphatic rings. The third-order valence-electron chi connectivity index (χ3n) is 4.57. The first kappa shape index (κ1) is 15.7. The topological polar surface area (TPSA) is 77.9 Å². The average molecular weight is 304 g/mol. The number of nitrogens with zero attached hydrogens (tertiary/aromatic N) is 2. The predicted molar refractivity (Wildman–Crippen MR) is 75.4 cm³/mol. The fourth-order valence-corrected chi connectivity index (χ4v) is 4.75. The fourth-order valence-electron chi connectivity index (χ4n) is 2.94. The number of carboxylic acids is 1. The van der Waals surface area contributed by atoms with Crippen molar-refractivity contribution in [3.8, 4) is 0 Å². The van der Waals surface area contributed by atoms with Gasteiger partial charge in [-0.1, -0.05) is 6.92 Å². The Balaban J connectivity index is 2.11. The number of carbonyl (C=O) groups is 1. The molecule has 6 nitrogen and oxygen atoms in total. The lowest BCUT2D eigenvalue weighted by Crippen LogP contribution is -2.53. The van der Waals surface area contributed by atoms with Crippen molar-refractivity contribution in [3.63, 3.8) is 0 Å². The van der Waals surface area contributed by atoms with Crippen molar-refractivity contribution < 1.29 is 18.3 Å². The molecular weight excluding hydrogens is 280 g/mol. The standard InChI is InChI=1S/C13H24N2O4S/c1-11-4-8-14(9-5-11)20(18,19)15-7-3-6-13(2,10-15)12(16)17/h11H,3-10H2,1-2H3,(H,16,17). The Morgan fingerprint density at radius 3 is 2.35 bits per heavy atom. The molecule has 2 saturated heterocycles. The third kappa shape index (κ3) is 2.99. The maximum atomic E-state index is 12.6. The number of hydrogen-bond donors (Lipinski definition) is 1. The summed E-state index contributed by atoms with van der Waals surface area (Å²) >= 11 is 0. The van der Waals surface area contributed by atoms with Crippen molar-refractivity contribution in [2.75, 3.05) is 26.2 Å². The van der Waals surface area contributed by atoms with Crippen LogP contribution in [0.2, 0.25) is 0 Å². The van der Waals surface area contributed by atoms with Gasteiger partial charge in [0.2, 0.25) is 0 Å². The molecule has 0 bridgehead atoms. The molecule has 0 aromatic carbocycles. The van der Waals surface area contributed by atoms with Crippen LogP contribution < -0.4 is 0 Å². The van der Waals surface area contributed by atoms with Gasteiger partial charge in [-0.3, -0.25) is 4.79 Å². The molecule has 0 aromatic heterocycles. The Morgan fingerprint density at radius 2 is 1.80 bits per heavy atom. The largest absolute Gasteiger partial charge is 0.481 e. The minimum absolute atomic E-state index is 0.0801. The van der Waals surface area contributed by atoms with Crippen LogP contribution in [0, 0.1) is 11.3 Å². The third-order valence-corrected chi connectivity index (χ3v) is 6.55. The van der Waals surface area contributed by atoms with E-state index in [-0.39, 0.29) is 6.54 Å². The van der Waals surface area contributed by atoms with E-state index in [0.29, 0.717) is 38.4 Å². The molecule has 0 aromatic rings. The second-order valence-electron chi connectivity index (χ2n) is 6.39. The summed E-state index contributed by atoms with van der Waals surface area (Å²) in [5, 5.41) is 9.29. The van der Waals surface area contributed by atoms with Gasteiger partial charge in [0.25, 0.3) is 10.2 Å². The Kier molecular flexibility index (Phi) is 4.41. The van der Waals surface area contributed by atoms with Crippen molar-refractivity contribution in [1.82, 2.24) is 8.61 Å². The Morgan fingerprint density at radius 1 is 1.20 bits per heavy atom. The molecule has 20 heavy (non-hydrogen) atoms. The summed E-state index contributed by atoms with van der Waals surface area (Å²) in [6.07, 6.45) is 2.89. The number of carboxylic acid groups (broad SMARTS) is 1. The zero-order valence-electron chi connectivity index (χ0n) is 12.2. The minimum Gasteiger partial charge on any atom is -0.481 e. The molecule has 7 heteroatoms. The second-order valence-corrected chi connectivity index (χ2v) is 8.32. The zero-order chi connectivity index (χ0) is 15.0. The van der Waals surface area contributed by atoms with Gasteiger partial charge in [0.15, 0.2) is 0 Å². The molecule has 0 saturated carbocycles.